The second-order valence-electron chi connectivity index (χ2n) is 4.01. The van der Waals surface area contributed by atoms with E-state index in [4.69, 9.17) is 11.6 Å². The number of nitrogens with one attached hydrogen (secondary N) is 1. The lowest BCUT2D eigenvalue weighted by molar-refractivity contribution is 0.601. The molecule has 0 unspecified atom stereocenters. The molecule has 20 heavy (non-hydrogen) atoms. The highest BCUT2D eigenvalue weighted by molar-refractivity contribution is 9.08. The molecule has 0 fully saturated rings. The minimum Gasteiger partial charge on any atom is -0.280 e. The summed E-state index contributed by atoms with van der Waals surface area (Å²) in [6.07, 6.45) is 0. The molecule has 0 heterocycles. The van der Waals surface area contributed by atoms with Gasteiger partial charge in [0, 0.05) is 5.33 Å². The van der Waals surface area contributed by atoms with E-state index >= 15 is 0 Å². The molecule has 0 atom stereocenters. The molecule has 0 aliphatic rings. The summed E-state index contributed by atoms with van der Waals surface area (Å²) in [6.45, 7) is 0. The van der Waals surface area contributed by atoms with Crippen molar-refractivity contribution in [3.05, 3.63) is 58.9 Å². The second-order valence-corrected chi connectivity index (χ2v) is 6.66. The number of anilines is 1. The third kappa shape index (κ3) is 3.50. The van der Waals surface area contributed by atoms with Gasteiger partial charge in [0.2, 0.25) is 0 Å². The van der Waals surface area contributed by atoms with E-state index in [1.807, 2.05) is 0 Å². The van der Waals surface area contributed by atoms with Crippen LogP contribution in [0.15, 0.2) is 47.4 Å². The van der Waals surface area contributed by atoms with Crippen molar-refractivity contribution >= 4 is 43.2 Å². The fourth-order valence-corrected chi connectivity index (χ4v) is 3.14. The lowest BCUT2D eigenvalue weighted by Crippen LogP contribution is -2.13. The molecule has 0 aliphatic heterocycles. The molecule has 7 heteroatoms. The van der Waals surface area contributed by atoms with Crippen molar-refractivity contribution < 1.29 is 12.8 Å². The predicted molar refractivity (Wildman–Crippen MR) is 81.3 cm³/mol. The summed E-state index contributed by atoms with van der Waals surface area (Å²) >= 11 is 8.90. The summed E-state index contributed by atoms with van der Waals surface area (Å²) in [5, 5.41) is 0.508. The van der Waals surface area contributed by atoms with Gasteiger partial charge in [-0.05, 0) is 35.9 Å². The zero-order chi connectivity index (χ0) is 14.8. The summed E-state index contributed by atoms with van der Waals surface area (Å²) in [5.74, 6) is -0.601. The van der Waals surface area contributed by atoms with Gasteiger partial charge in [-0.3, -0.25) is 4.72 Å². The fraction of sp³-hybridized carbons (Fsp3) is 0.0769. The van der Waals surface area contributed by atoms with Crippen LogP contribution >= 0.6 is 27.5 Å². The SMILES string of the molecule is O=S(=O)(Nc1ccc(F)c(Cl)c1)c1ccc(CBr)cc1. The molecule has 1 N–H and O–H groups in total. The van der Waals surface area contributed by atoms with E-state index in [0.717, 1.165) is 11.6 Å². The molecule has 2 aromatic rings. The first kappa shape index (κ1) is 15.3. The highest BCUT2D eigenvalue weighted by atomic mass is 79.9. The van der Waals surface area contributed by atoms with Crippen LogP contribution in [0, 0.1) is 5.82 Å². The van der Waals surface area contributed by atoms with Crippen LogP contribution in [0.25, 0.3) is 0 Å². The molecule has 3 nitrogen and oxygen atoms in total. The molecule has 0 aromatic heterocycles. The molecule has 0 aliphatic carbocycles. The predicted octanol–water partition coefficient (Wildman–Crippen LogP) is 4.17. The van der Waals surface area contributed by atoms with E-state index < -0.39 is 15.8 Å². The molecule has 2 rings (SSSR count). The molecule has 0 bridgehead atoms. The zero-order valence-corrected chi connectivity index (χ0v) is 13.3. The van der Waals surface area contributed by atoms with Crippen molar-refractivity contribution in [2.45, 2.75) is 10.2 Å². The minimum absolute atomic E-state index is 0.127. The Balaban J connectivity index is 2.27. The molecule has 0 amide bonds. The van der Waals surface area contributed by atoms with E-state index in [1.165, 1.54) is 24.3 Å². The van der Waals surface area contributed by atoms with Gasteiger partial charge in [0.15, 0.2) is 0 Å². The lowest BCUT2D eigenvalue weighted by Gasteiger charge is -2.09. The number of hydrogen-bond donors (Lipinski definition) is 1. The second kappa shape index (κ2) is 6.11. The van der Waals surface area contributed by atoms with Crippen LogP contribution < -0.4 is 4.72 Å². The molecule has 0 spiro atoms. The largest absolute Gasteiger partial charge is 0.280 e. The molecule has 0 saturated carbocycles. The van der Waals surface area contributed by atoms with Crippen molar-refractivity contribution in [3.8, 4) is 0 Å². The third-order valence-corrected chi connectivity index (χ3v) is 4.89. The van der Waals surface area contributed by atoms with Gasteiger partial charge in [-0.2, -0.15) is 0 Å². The first-order chi connectivity index (χ1) is 9.42. The highest BCUT2D eigenvalue weighted by Gasteiger charge is 2.14. The molecule has 0 saturated heterocycles. The number of hydrogen-bond acceptors (Lipinski definition) is 2. The molecule has 0 radical (unpaired) electrons. The average molecular weight is 379 g/mol. The van der Waals surface area contributed by atoms with Crippen LogP contribution in [0.4, 0.5) is 10.1 Å². The Bertz CT molecular complexity index is 720. The van der Waals surface area contributed by atoms with Gasteiger partial charge in [-0.1, -0.05) is 39.7 Å². The van der Waals surface area contributed by atoms with Crippen LogP contribution in [-0.2, 0) is 15.4 Å². The van der Waals surface area contributed by atoms with Gasteiger partial charge < -0.3 is 0 Å². The Morgan fingerprint density at radius 2 is 1.80 bits per heavy atom. The topological polar surface area (TPSA) is 46.2 Å². The standard InChI is InChI=1S/C13H10BrClFNO2S/c14-8-9-1-4-11(5-2-9)20(18,19)17-10-3-6-13(16)12(15)7-10/h1-7,17H,8H2. The summed E-state index contributed by atoms with van der Waals surface area (Å²) < 4.78 is 39.6. The van der Waals surface area contributed by atoms with Crippen LogP contribution in [0.1, 0.15) is 5.56 Å². The Kier molecular flexibility index (Phi) is 4.67. The first-order valence-corrected chi connectivity index (χ1v) is 8.53. The quantitative estimate of drug-likeness (QED) is 0.812. The normalized spacial score (nSPS) is 11.3. The van der Waals surface area contributed by atoms with Crippen molar-refractivity contribution in [1.82, 2.24) is 0 Å². The molecular weight excluding hydrogens is 369 g/mol. The number of benzene rings is 2. The van der Waals surface area contributed by atoms with Crippen molar-refractivity contribution in [3.63, 3.8) is 0 Å². The summed E-state index contributed by atoms with van der Waals surface area (Å²) in [5.41, 5.74) is 1.18. The highest BCUT2D eigenvalue weighted by Crippen LogP contribution is 2.22. The first-order valence-electron chi connectivity index (χ1n) is 5.55. The van der Waals surface area contributed by atoms with E-state index in [0.29, 0.717) is 5.33 Å². The number of sulfonamides is 1. The van der Waals surface area contributed by atoms with Gasteiger partial charge in [-0.15, -0.1) is 0 Å². The Hall–Kier alpha value is -1.11. The Labute approximate surface area is 130 Å². The van der Waals surface area contributed by atoms with Crippen molar-refractivity contribution in [2.75, 3.05) is 4.72 Å². The Morgan fingerprint density at radius 1 is 1.15 bits per heavy atom. The number of halogens is 3. The summed E-state index contributed by atoms with van der Waals surface area (Å²) in [7, 11) is -3.71. The minimum atomic E-state index is -3.71. The van der Waals surface area contributed by atoms with Crippen LogP contribution in [0.3, 0.4) is 0 Å². The molecule has 106 valence electrons. The Morgan fingerprint density at radius 3 is 2.35 bits per heavy atom. The van der Waals surface area contributed by atoms with Gasteiger partial charge in [0.05, 0.1) is 15.6 Å². The summed E-state index contributed by atoms with van der Waals surface area (Å²) in [4.78, 5) is 0.127. The van der Waals surface area contributed by atoms with Crippen molar-refractivity contribution in [1.29, 1.82) is 0 Å². The van der Waals surface area contributed by atoms with Gasteiger partial charge in [0.1, 0.15) is 5.82 Å². The zero-order valence-electron chi connectivity index (χ0n) is 10.1. The van der Waals surface area contributed by atoms with E-state index in [2.05, 4.69) is 20.7 Å². The van der Waals surface area contributed by atoms with Gasteiger partial charge in [0.25, 0.3) is 10.0 Å². The van der Waals surface area contributed by atoms with Gasteiger partial charge >= 0.3 is 0 Å². The van der Waals surface area contributed by atoms with Crippen LogP contribution in [0.2, 0.25) is 5.02 Å². The van der Waals surface area contributed by atoms with Crippen molar-refractivity contribution in [2.24, 2.45) is 0 Å². The monoisotopic (exact) mass is 377 g/mol. The van der Waals surface area contributed by atoms with Crippen LogP contribution in [0.5, 0.6) is 0 Å². The average Bonchev–Trinajstić information content (AvgIpc) is 2.43. The lowest BCUT2D eigenvalue weighted by atomic mass is 10.2. The third-order valence-electron chi connectivity index (χ3n) is 2.56. The maximum Gasteiger partial charge on any atom is 0.261 e. The fourth-order valence-electron chi connectivity index (χ4n) is 1.53. The maximum atomic E-state index is 13.0. The van der Waals surface area contributed by atoms with Crippen LogP contribution in [-0.4, -0.2) is 8.42 Å². The maximum absolute atomic E-state index is 13.0. The summed E-state index contributed by atoms with van der Waals surface area (Å²) in [6, 6.07) is 10.1. The molecular formula is C13H10BrClFNO2S. The smallest absolute Gasteiger partial charge is 0.261 e. The number of rotatable bonds is 4. The van der Waals surface area contributed by atoms with E-state index in [-0.39, 0.29) is 15.6 Å². The molecule has 2 aromatic carbocycles. The number of alkyl halides is 1. The van der Waals surface area contributed by atoms with E-state index in [1.54, 1.807) is 12.1 Å². The van der Waals surface area contributed by atoms with Gasteiger partial charge in [-0.25, -0.2) is 12.8 Å². The van der Waals surface area contributed by atoms with E-state index in [9.17, 15) is 12.8 Å².